The minimum atomic E-state index is -0.761. The maximum absolute atomic E-state index is 11.9. The lowest BCUT2D eigenvalue weighted by atomic mass is 10.1. The molecule has 2 heterocycles. The predicted octanol–water partition coefficient (Wildman–Crippen LogP) is 1.08. The number of aliphatic hydroxyl groups is 1. The van der Waals surface area contributed by atoms with E-state index in [2.05, 4.69) is 5.32 Å². The molecule has 3 rings (SSSR count). The van der Waals surface area contributed by atoms with E-state index in [9.17, 15) is 14.7 Å². The van der Waals surface area contributed by atoms with Crippen molar-refractivity contribution in [3.8, 4) is 5.75 Å². The van der Waals surface area contributed by atoms with Crippen LogP contribution in [-0.2, 0) is 25.4 Å². The standard InChI is InChI=1S/C21H30N2O7/c1-21(2)29-14-18(30-21)13-28-19(25)8-5-15-3-6-17(7-4-15)27-12-16(24)11-23-10-9-22-20(23)26/h3-4,6-7,16,18,24H,5,8-14H2,1-2H3,(H,22,26)/t16-,18+/m0/s1. The zero-order chi connectivity index (χ0) is 21.6. The highest BCUT2D eigenvalue weighted by Gasteiger charge is 2.33. The van der Waals surface area contributed by atoms with Gasteiger partial charge in [-0.3, -0.25) is 4.79 Å². The van der Waals surface area contributed by atoms with Gasteiger partial charge in [0.15, 0.2) is 5.79 Å². The maximum atomic E-state index is 11.9. The lowest BCUT2D eigenvalue weighted by Crippen LogP contribution is -2.37. The first-order chi connectivity index (χ1) is 14.3. The molecule has 0 bridgehead atoms. The third-order valence-corrected chi connectivity index (χ3v) is 4.86. The number of hydrogen-bond donors (Lipinski definition) is 2. The zero-order valence-electron chi connectivity index (χ0n) is 17.5. The van der Waals surface area contributed by atoms with Crippen molar-refractivity contribution in [2.24, 2.45) is 0 Å². The molecule has 0 aliphatic carbocycles. The molecule has 30 heavy (non-hydrogen) atoms. The number of amides is 2. The fourth-order valence-electron chi connectivity index (χ4n) is 3.29. The first-order valence-electron chi connectivity index (χ1n) is 10.2. The van der Waals surface area contributed by atoms with Gasteiger partial charge in [-0.1, -0.05) is 12.1 Å². The Labute approximate surface area is 176 Å². The fourth-order valence-corrected chi connectivity index (χ4v) is 3.29. The molecule has 0 aromatic heterocycles. The van der Waals surface area contributed by atoms with Gasteiger partial charge in [0, 0.05) is 19.5 Å². The average molecular weight is 422 g/mol. The van der Waals surface area contributed by atoms with Crippen LogP contribution in [0.4, 0.5) is 4.79 Å². The lowest BCUT2D eigenvalue weighted by Gasteiger charge is -2.19. The highest BCUT2D eigenvalue weighted by Crippen LogP contribution is 2.22. The Morgan fingerprint density at radius 2 is 2.13 bits per heavy atom. The molecular formula is C21H30N2O7. The molecule has 9 nitrogen and oxygen atoms in total. The Bertz CT molecular complexity index is 723. The number of benzene rings is 1. The molecule has 2 atom stereocenters. The first-order valence-corrected chi connectivity index (χ1v) is 10.2. The van der Waals surface area contributed by atoms with Crippen molar-refractivity contribution in [3.63, 3.8) is 0 Å². The van der Waals surface area contributed by atoms with Gasteiger partial charge in [0.05, 0.1) is 13.2 Å². The summed E-state index contributed by atoms with van der Waals surface area (Å²) >= 11 is 0. The molecule has 2 fully saturated rings. The van der Waals surface area contributed by atoms with Gasteiger partial charge in [-0.25, -0.2) is 4.79 Å². The summed E-state index contributed by atoms with van der Waals surface area (Å²) in [4.78, 5) is 25.0. The number of esters is 1. The van der Waals surface area contributed by atoms with Crippen molar-refractivity contribution in [1.29, 1.82) is 0 Å². The van der Waals surface area contributed by atoms with E-state index >= 15 is 0 Å². The molecular weight excluding hydrogens is 392 g/mol. The molecule has 0 spiro atoms. The molecule has 2 amide bonds. The van der Waals surface area contributed by atoms with E-state index < -0.39 is 11.9 Å². The summed E-state index contributed by atoms with van der Waals surface area (Å²) in [6.07, 6.45) is -0.161. The highest BCUT2D eigenvalue weighted by molar-refractivity contribution is 5.76. The van der Waals surface area contributed by atoms with Gasteiger partial charge < -0.3 is 34.3 Å². The van der Waals surface area contributed by atoms with Crippen LogP contribution in [0.25, 0.3) is 0 Å². The van der Waals surface area contributed by atoms with Crippen molar-refractivity contribution in [1.82, 2.24) is 10.2 Å². The third-order valence-electron chi connectivity index (χ3n) is 4.86. The van der Waals surface area contributed by atoms with Crippen LogP contribution in [0.3, 0.4) is 0 Å². The third kappa shape index (κ3) is 6.86. The van der Waals surface area contributed by atoms with Crippen LogP contribution in [0.1, 0.15) is 25.8 Å². The molecule has 2 saturated heterocycles. The van der Waals surface area contributed by atoms with Crippen molar-refractivity contribution in [2.75, 3.05) is 39.5 Å². The second-order valence-electron chi connectivity index (χ2n) is 7.92. The van der Waals surface area contributed by atoms with Gasteiger partial charge in [0.1, 0.15) is 31.2 Å². The lowest BCUT2D eigenvalue weighted by molar-refractivity contribution is -0.158. The van der Waals surface area contributed by atoms with Crippen LogP contribution < -0.4 is 10.1 Å². The van der Waals surface area contributed by atoms with Gasteiger partial charge in [-0.2, -0.15) is 0 Å². The number of nitrogens with one attached hydrogen (secondary N) is 1. The Morgan fingerprint density at radius 1 is 1.37 bits per heavy atom. The molecule has 9 heteroatoms. The second kappa shape index (κ2) is 10.1. The van der Waals surface area contributed by atoms with Gasteiger partial charge >= 0.3 is 12.0 Å². The normalized spacial score (nSPS) is 21.4. The number of ether oxygens (including phenoxy) is 4. The monoisotopic (exact) mass is 422 g/mol. The molecule has 2 N–H and O–H groups in total. The summed E-state index contributed by atoms with van der Waals surface area (Å²) < 4.78 is 21.9. The summed E-state index contributed by atoms with van der Waals surface area (Å²) in [6.45, 7) is 5.79. The van der Waals surface area contributed by atoms with Crippen LogP contribution in [-0.4, -0.2) is 79.5 Å². The molecule has 1 aromatic carbocycles. The number of carbonyl (C=O) groups is 2. The quantitative estimate of drug-likeness (QED) is 0.544. The molecule has 0 unspecified atom stereocenters. The minimum absolute atomic E-state index is 0.0964. The molecule has 1 aromatic rings. The smallest absolute Gasteiger partial charge is 0.317 e. The van der Waals surface area contributed by atoms with E-state index in [4.69, 9.17) is 18.9 Å². The topological polar surface area (TPSA) is 107 Å². The fraction of sp³-hybridized carbons (Fsp3) is 0.619. The summed E-state index contributed by atoms with van der Waals surface area (Å²) in [5, 5.41) is 12.7. The minimum Gasteiger partial charge on any atom is -0.491 e. The number of rotatable bonds is 10. The first kappa shape index (κ1) is 22.3. The van der Waals surface area contributed by atoms with Gasteiger partial charge in [-0.15, -0.1) is 0 Å². The van der Waals surface area contributed by atoms with Crippen molar-refractivity contribution >= 4 is 12.0 Å². The molecule has 0 saturated carbocycles. The molecule has 2 aliphatic heterocycles. The van der Waals surface area contributed by atoms with Crippen molar-refractivity contribution < 1.29 is 33.6 Å². The second-order valence-corrected chi connectivity index (χ2v) is 7.92. The van der Waals surface area contributed by atoms with Crippen molar-refractivity contribution in [3.05, 3.63) is 29.8 Å². The maximum Gasteiger partial charge on any atom is 0.317 e. The SMILES string of the molecule is CC1(C)OC[C@@H](COC(=O)CCc2ccc(OC[C@@H](O)CN3CCNC3=O)cc2)O1. The largest absolute Gasteiger partial charge is 0.491 e. The number of urea groups is 1. The summed E-state index contributed by atoms with van der Waals surface area (Å²) in [7, 11) is 0. The van der Waals surface area contributed by atoms with Crippen molar-refractivity contribution in [2.45, 2.75) is 44.7 Å². The zero-order valence-corrected chi connectivity index (χ0v) is 17.5. The predicted molar refractivity (Wildman–Crippen MR) is 107 cm³/mol. The van der Waals surface area contributed by atoms with Crippen LogP contribution in [0.2, 0.25) is 0 Å². The van der Waals surface area contributed by atoms with E-state index in [0.717, 1.165) is 5.56 Å². The molecule has 2 aliphatic rings. The van der Waals surface area contributed by atoms with Gasteiger partial charge in [0.2, 0.25) is 0 Å². The van der Waals surface area contributed by atoms with E-state index in [1.165, 1.54) is 0 Å². The average Bonchev–Trinajstić information content (AvgIpc) is 3.28. The summed E-state index contributed by atoms with van der Waals surface area (Å²) in [5.41, 5.74) is 0.982. The van der Waals surface area contributed by atoms with E-state index in [1.54, 1.807) is 17.0 Å². The number of aryl methyl sites for hydroxylation is 1. The van der Waals surface area contributed by atoms with E-state index in [-0.39, 0.29) is 44.3 Å². The van der Waals surface area contributed by atoms with Crippen LogP contribution in [0.5, 0.6) is 5.75 Å². The number of nitrogens with zero attached hydrogens (tertiary/aromatic N) is 1. The Hall–Kier alpha value is -2.36. The van der Waals surface area contributed by atoms with Gasteiger partial charge in [-0.05, 0) is 38.0 Å². The number of β-amino-alcohol motifs (C(OH)–C–C–N with tert-alkyl or cyclic N) is 1. The number of carbonyl (C=O) groups excluding carboxylic acids is 2. The van der Waals surface area contributed by atoms with Crippen LogP contribution >= 0.6 is 0 Å². The van der Waals surface area contributed by atoms with Gasteiger partial charge in [0.25, 0.3) is 0 Å². The number of aliphatic hydroxyl groups excluding tert-OH is 1. The van der Waals surface area contributed by atoms with E-state index in [0.29, 0.717) is 31.9 Å². The van der Waals surface area contributed by atoms with E-state index in [1.807, 2.05) is 26.0 Å². The Morgan fingerprint density at radius 3 is 2.77 bits per heavy atom. The Kier molecular flexibility index (Phi) is 7.52. The summed E-state index contributed by atoms with van der Waals surface area (Å²) in [6, 6.07) is 7.17. The molecule has 0 radical (unpaired) electrons. The summed E-state index contributed by atoms with van der Waals surface area (Å²) in [5.74, 6) is -0.287. The van der Waals surface area contributed by atoms with Crippen LogP contribution in [0, 0.1) is 0 Å². The molecule has 166 valence electrons. The number of hydrogen-bond acceptors (Lipinski definition) is 7. The Balaban J connectivity index is 1.32. The van der Waals surface area contributed by atoms with Crippen LogP contribution in [0.15, 0.2) is 24.3 Å². The highest BCUT2D eigenvalue weighted by atomic mass is 16.7.